The van der Waals surface area contributed by atoms with Gasteiger partial charge in [-0.05, 0) is 19.8 Å². The number of hydrogen-bond donors (Lipinski definition) is 0. The Labute approximate surface area is 97.3 Å². The van der Waals surface area contributed by atoms with E-state index in [2.05, 4.69) is 19.7 Å². The second kappa shape index (κ2) is 3.93. The summed E-state index contributed by atoms with van der Waals surface area (Å²) in [6, 6.07) is 0.662. The third-order valence-electron chi connectivity index (χ3n) is 2.47. The van der Waals surface area contributed by atoms with Crippen molar-refractivity contribution in [3.8, 4) is 0 Å². The van der Waals surface area contributed by atoms with Crippen LogP contribution in [-0.2, 0) is 5.75 Å². The first kappa shape index (κ1) is 9.89. The number of thioether (sulfide) groups is 1. The molecule has 0 spiro atoms. The molecule has 0 radical (unpaired) electrons. The highest BCUT2D eigenvalue weighted by molar-refractivity contribution is 7.98. The molecule has 0 N–H and O–H groups in total. The van der Waals surface area contributed by atoms with E-state index < -0.39 is 0 Å². The van der Waals surface area contributed by atoms with E-state index in [1.165, 1.54) is 12.8 Å². The van der Waals surface area contributed by atoms with Gasteiger partial charge in [-0.3, -0.25) is 0 Å². The maximum absolute atomic E-state index is 5.06. The molecule has 1 saturated carbocycles. The van der Waals surface area contributed by atoms with Crippen LogP contribution in [0.25, 0.3) is 0 Å². The summed E-state index contributed by atoms with van der Waals surface area (Å²) in [7, 11) is 0. The van der Waals surface area contributed by atoms with Gasteiger partial charge in [0.1, 0.15) is 0 Å². The number of nitrogens with zero attached hydrogens (tertiary/aromatic N) is 4. The lowest BCUT2D eigenvalue weighted by molar-refractivity contribution is 0.387. The second-order valence-electron chi connectivity index (χ2n) is 3.87. The predicted molar refractivity (Wildman–Crippen MR) is 59.1 cm³/mol. The third-order valence-corrected chi connectivity index (χ3v) is 3.43. The molecule has 84 valence electrons. The van der Waals surface area contributed by atoms with Crippen molar-refractivity contribution >= 4 is 11.8 Å². The summed E-state index contributed by atoms with van der Waals surface area (Å²) in [5.74, 6) is 2.03. The van der Waals surface area contributed by atoms with E-state index in [0.29, 0.717) is 23.5 Å². The molecule has 1 aliphatic rings. The normalized spacial score (nSPS) is 15.6. The minimum atomic E-state index is 0.660. The van der Waals surface area contributed by atoms with Crippen molar-refractivity contribution < 1.29 is 4.52 Å². The summed E-state index contributed by atoms with van der Waals surface area (Å²) in [5.41, 5.74) is 0. The Balaban J connectivity index is 1.67. The molecule has 0 aliphatic heterocycles. The molecule has 3 rings (SSSR count). The van der Waals surface area contributed by atoms with Crippen LogP contribution in [0.3, 0.4) is 0 Å². The third kappa shape index (κ3) is 1.97. The SMILES string of the molecule is Cc1noc(CSc2nccn2C2CC2)n1. The van der Waals surface area contributed by atoms with Crippen LogP contribution in [0.2, 0.25) is 0 Å². The molecule has 0 amide bonds. The molecule has 0 atom stereocenters. The van der Waals surface area contributed by atoms with Gasteiger partial charge in [0, 0.05) is 18.4 Å². The van der Waals surface area contributed by atoms with Gasteiger partial charge in [-0.1, -0.05) is 16.9 Å². The standard InChI is InChI=1S/C10H12N4OS/c1-7-12-9(15-13-7)6-16-10-11-4-5-14(10)8-2-3-8/h4-5,8H,2-3,6H2,1H3. The highest BCUT2D eigenvalue weighted by Crippen LogP contribution is 2.38. The zero-order valence-corrected chi connectivity index (χ0v) is 9.78. The van der Waals surface area contributed by atoms with Gasteiger partial charge in [-0.2, -0.15) is 4.98 Å². The van der Waals surface area contributed by atoms with Crippen LogP contribution in [0.15, 0.2) is 22.1 Å². The first-order chi connectivity index (χ1) is 7.83. The van der Waals surface area contributed by atoms with Gasteiger partial charge in [0.2, 0.25) is 5.89 Å². The van der Waals surface area contributed by atoms with Crippen molar-refractivity contribution in [3.05, 3.63) is 24.1 Å². The Kier molecular flexibility index (Phi) is 2.43. The fourth-order valence-corrected chi connectivity index (χ4v) is 2.43. The lowest BCUT2D eigenvalue weighted by Crippen LogP contribution is -1.94. The molecule has 1 fully saturated rings. The largest absolute Gasteiger partial charge is 0.338 e. The minimum Gasteiger partial charge on any atom is -0.338 e. The Hall–Kier alpha value is -1.30. The van der Waals surface area contributed by atoms with E-state index in [-0.39, 0.29) is 0 Å². The lowest BCUT2D eigenvalue weighted by atomic mass is 10.7. The summed E-state index contributed by atoms with van der Waals surface area (Å²) < 4.78 is 7.29. The maximum atomic E-state index is 5.06. The van der Waals surface area contributed by atoms with Gasteiger partial charge >= 0.3 is 0 Å². The molecular formula is C10H12N4OS. The maximum Gasteiger partial charge on any atom is 0.237 e. The van der Waals surface area contributed by atoms with E-state index in [1.807, 2.05) is 19.3 Å². The van der Waals surface area contributed by atoms with Crippen LogP contribution in [0.5, 0.6) is 0 Å². The van der Waals surface area contributed by atoms with Gasteiger partial charge in [-0.15, -0.1) is 0 Å². The van der Waals surface area contributed by atoms with Crippen molar-refractivity contribution in [2.24, 2.45) is 0 Å². The van der Waals surface area contributed by atoms with Gasteiger partial charge in [-0.25, -0.2) is 4.98 Å². The first-order valence-electron chi connectivity index (χ1n) is 5.28. The van der Waals surface area contributed by atoms with Crippen LogP contribution in [0, 0.1) is 6.92 Å². The molecule has 1 aliphatic carbocycles. The molecule has 6 heteroatoms. The second-order valence-corrected chi connectivity index (χ2v) is 4.81. The summed E-state index contributed by atoms with van der Waals surface area (Å²) >= 11 is 1.64. The van der Waals surface area contributed by atoms with Crippen molar-refractivity contribution in [1.29, 1.82) is 0 Å². The number of rotatable bonds is 4. The average Bonchev–Trinajstić information content (AvgIpc) is 2.86. The molecular weight excluding hydrogens is 224 g/mol. The zero-order chi connectivity index (χ0) is 11.0. The summed E-state index contributed by atoms with van der Waals surface area (Å²) in [5, 5.41) is 4.80. The Bertz CT molecular complexity index is 488. The van der Waals surface area contributed by atoms with E-state index in [4.69, 9.17) is 4.52 Å². The first-order valence-corrected chi connectivity index (χ1v) is 6.26. The van der Waals surface area contributed by atoms with Crippen LogP contribution in [-0.4, -0.2) is 19.7 Å². The molecule has 2 heterocycles. The number of aryl methyl sites for hydroxylation is 1. The molecule has 0 saturated heterocycles. The number of imidazole rings is 1. The van der Waals surface area contributed by atoms with Crippen LogP contribution in [0.1, 0.15) is 30.6 Å². The van der Waals surface area contributed by atoms with E-state index in [9.17, 15) is 0 Å². The molecule has 0 unspecified atom stereocenters. The Morgan fingerprint density at radius 2 is 2.44 bits per heavy atom. The fourth-order valence-electron chi connectivity index (χ4n) is 1.57. The van der Waals surface area contributed by atoms with Crippen molar-refractivity contribution in [2.45, 2.75) is 36.7 Å². The van der Waals surface area contributed by atoms with Crippen molar-refractivity contribution in [3.63, 3.8) is 0 Å². The van der Waals surface area contributed by atoms with Crippen LogP contribution in [0.4, 0.5) is 0 Å². The smallest absolute Gasteiger partial charge is 0.237 e. The van der Waals surface area contributed by atoms with E-state index in [1.54, 1.807) is 11.8 Å². The van der Waals surface area contributed by atoms with Gasteiger partial charge in [0.25, 0.3) is 0 Å². The van der Waals surface area contributed by atoms with Crippen LogP contribution < -0.4 is 0 Å². The van der Waals surface area contributed by atoms with Crippen LogP contribution >= 0.6 is 11.8 Å². The Morgan fingerprint density at radius 3 is 3.12 bits per heavy atom. The van der Waals surface area contributed by atoms with Gasteiger partial charge in [0.15, 0.2) is 11.0 Å². The molecule has 2 aromatic rings. The number of hydrogen-bond acceptors (Lipinski definition) is 5. The average molecular weight is 236 g/mol. The van der Waals surface area contributed by atoms with Crippen molar-refractivity contribution in [1.82, 2.24) is 19.7 Å². The molecule has 0 bridgehead atoms. The fraction of sp³-hybridized carbons (Fsp3) is 0.500. The molecule has 0 aromatic carbocycles. The van der Waals surface area contributed by atoms with E-state index >= 15 is 0 Å². The van der Waals surface area contributed by atoms with Crippen molar-refractivity contribution in [2.75, 3.05) is 0 Å². The predicted octanol–water partition coefficient (Wildman–Crippen LogP) is 2.20. The minimum absolute atomic E-state index is 0.660. The molecule has 5 nitrogen and oxygen atoms in total. The quantitative estimate of drug-likeness (QED) is 0.762. The molecule has 16 heavy (non-hydrogen) atoms. The number of aromatic nitrogens is 4. The van der Waals surface area contributed by atoms with E-state index in [0.717, 1.165) is 5.16 Å². The lowest BCUT2D eigenvalue weighted by Gasteiger charge is -2.03. The molecule has 2 aromatic heterocycles. The monoisotopic (exact) mass is 236 g/mol. The topological polar surface area (TPSA) is 56.7 Å². The Morgan fingerprint density at radius 1 is 1.56 bits per heavy atom. The summed E-state index contributed by atoms with van der Waals surface area (Å²) in [4.78, 5) is 8.50. The highest BCUT2D eigenvalue weighted by atomic mass is 32.2. The zero-order valence-electron chi connectivity index (χ0n) is 8.96. The summed E-state index contributed by atoms with van der Waals surface area (Å²) in [6.45, 7) is 1.82. The summed E-state index contributed by atoms with van der Waals surface area (Å²) in [6.07, 6.45) is 6.42. The van der Waals surface area contributed by atoms with Gasteiger partial charge < -0.3 is 9.09 Å². The highest BCUT2D eigenvalue weighted by Gasteiger charge is 2.25. The van der Waals surface area contributed by atoms with Gasteiger partial charge in [0.05, 0.1) is 5.75 Å².